The third-order valence-electron chi connectivity index (χ3n) is 6.77. The number of rotatable bonds is 7. The number of para-hydroxylation sites is 1. The molecule has 0 saturated carbocycles. The molecule has 3 aromatic rings. The molecule has 202 valence electrons. The average molecular weight is 569 g/mol. The fraction of sp³-hybridized carbons (Fsp3) is 0.407. The Hall–Kier alpha value is -2.29. The molecule has 0 spiro atoms. The summed E-state index contributed by atoms with van der Waals surface area (Å²) in [6.07, 6.45) is -0.654. The fourth-order valence-corrected chi connectivity index (χ4v) is 4.96. The Morgan fingerprint density at radius 2 is 1.65 bits per heavy atom. The minimum absolute atomic E-state index is 0. The summed E-state index contributed by atoms with van der Waals surface area (Å²) < 4.78 is 2.00. The molecule has 1 atom stereocenters. The van der Waals surface area contributed by atoms with Crippen LogP contribution in [0, 0.1) is 27.7 Å². The van der Waals surface area contributed by atoms with Crippen LogP contribution in [0.3, 0.4) is 0 Å². The van der Waals surface area contributed by atoms with Crippen molar-refractivity contribution in [3.05, 3.63) is 75.8 Å². The Bertz CT molecular complexity index is 1210. The molecular weight excluding hydrogens is 533 g/mol. The molecule has 0 radical (unpaired) electrons. The lowest BCUT2D eigenvalue weighted by Gasteiger charge is -2.37. The van der Waals surface area contributed by atoms with Gasteiger partial charge in [0.05, 0.1) is 11.8 Å². The lowest BCUT2D eigenvalue weighted by molar-refractivity contribution is 0.0847. The first-order chi connectivity index (χ1) is 16.8. The van der Waals surface area contributed by atoms with E-state index in [1.54, 1.807) is 0 Å². The number of β-amino-alcohol motifs (C(OH)–C–C–N with tert-alkyl or cyclic N) is 1. The first-order valence-electron chi connectivity index (χ1n) is 12.1. The van der Waals surface area contributed by atoms with Gasteiger partial charge in [-0.3, -0.25) is 9.69 Å². The number of halogens is 3. The maximum atomic E-state index is 12.9. The highest BCUT2D eigenvalue weighted by molar-refractivity contribution is 6.31. The zero-order valence-corrected chi connectivity index (χ0v) is 24.1. The molecule has 7 nitrogen and oxygen atoms in total. The van der Waals surface area contributed by atoms with Gasteiger partial charge in [-0.25, -0.2) is 4.98 Å². The predicted octanol–water partition coefficient (Wildman–Crippen LogP) is 4.52. The van der Waals surface area contributed by atoms with Gasteiger partial charge in [0.1, 0.15) is 11.5 Å². The van der Waals surface area contributed by atoms with E-state index in [-0.39, 0.29) is 37.3 Å². The van der Waals surface area contributed by atoms with E-state index in [1.165, 1.54) is 5.69 Å². The van der Waals surface area contributed by atoms with Crippen molar-refractivity contribution in [3.63, 3.8) is 0 Å². The van der Waals surface area contributed by atoms with Crippen LogP contribution in [0.4, 0.5) is 5.69 Å². The minimum atomic E-state index is -0.654. The third kappa shape index (κ3) is 6.98. The van der Waals surface area contributed by atoms with Gasteiger partial charge >= 0.3 is 0 Å². The lowest BCUT2D eigenvalue weighted by atomic mass is 10.1. The number of aliphatic hydroxyl groups excluding tert-OH is 1. The molecule has 2 aromatic carbocycles. The molecule has 10 heteroatoms. The summed E-state index contributed by atoms with van der Waals surface area (Å²) in [5, 5.41) is 14.2. The number of carbonyl (C=O) groups is 1. The summed E-state index contributed by atoms with van der Waals surface area (Å²) >= 11 is 6.28. The van der Waals surface area contributed by atoms with Crippen LogP contribution in [-0.2, 0) is 0 Å². The van der Waals surface area contributed by atoms with Gasteiger partial charge in [-0.15, -0.1) is 24.8 Å². The van der Waals surface area contributed by atoms with E-state index in [9.17, 15) is 9.90 Å². The maximum absolute atomic E-state index is 12.9. The molecule has 1 saturated heterocycles. The second-order valence-corrected chi connectivity index (χ2v) is 9.66. The van der Waals surface area contributed by atoms with Crippen LogP contribution in [0.5, 0.6) is 0 Å². The standard InChI is InChI=1S/C27H34ClN5O2.2ClH/c1-18-8-5-6-10-24(18)33-20(3)26(30-21(33)4)27(35)29-16-22(34)17-31-12-14-32(15-13-31)25-11-7-9-23(28)19(25)2;;/h5-11,22,34H,12-17H2,1-4H3,(H,29,35);2*1H. The summed E-state index contributed by atoms with van der Waals surface area (Å²) in [6, 6.07) is 14.0. The highest BCUT2D eigenvalue weighted by atomic mass is 35.5. The van der Waals surface area contributed by atoms with Crippen molar-refractivity contribution in [1.29, 1.82) is 0 Å². The van der Waals surface area contributed by atoms with Crippen molar-refractivity contribution in [3.8, 4) is 5.69 Å². The molecule has 1 aliphatic heterocycles. The normalized spacial score (nSPS) is 14.5. The number of nitrogens with one attached hydrogen (secondary N) is 1. The van der Waals surface area contributed by atoms with Crippen LogP contribution in [0.2, 0.25) is 5.02 Å². The highest BCUT2D eigenvalue weighted by Crippen LogP contribution is 2.27. The van der Waals surface area contributed by atoms with Gasteiger partial charge in [-0.1, -0.05) is 35.9 Å². The largest absolute Gasteiger partial charge is 0.390 e. The van der Waals surface area contributed by atoms with E-state index in [0.717, 1.165) is 59.5 Å². The molecule has 1 aliphatic rings. The van der Waals surface area contributed by atoms with Gasteiger partial charge in [0.25, 0.3) is 5.91 Å². The van der Waals surface area contributed by atoms with E-state index < -0.39 is 6.10 Å². The molecule has 4 rings (SSSR count). The number of aliphatic hydroxyl groups is 1. The van der Waals surface area contributed by atoms with E-state index in [2.05, 4.69) is 26.2 Å². The van der Waals surface area contributed by atoms with Crippen molar-refractivity contribution in [2.24, 2.45) is 0 Å². The monoisotopic (exact) mass is 567 g/mol. The third-order valence-corrected chi connectivity index (χ3v) is 7.18. The van der Waals surface area contributed by atoms with E-state index in [4.69, 9.17) is 11.6 Å². The number of piperazine rings is 1. The fourth-order valence-electron chi connectivity index (χ4n) is 4.79. The Morgan fingerprint density at radius 3 is 2.32 bits per heavy atom. The number of imidazole rings is 1. The second kappa shape index (κ2) is 13.5. The number of carbonyl (C=O) groups excluding carboxylic acids is 1. The van der Waals surface area contributed by atoms with Crippen LogP contribution < -0.4 is 10.2 Å². The van der Waals surface area contributed by atoms with Crippen LogP contribution in [0.25, 0.3) is 5.69 Å². The molecule has 37 heavy (non-hydrogen) atoms. The number of aryl methyl sites for hydroxylation is 2. The Labute approximate surface area is 236 Å². The second-order valence-electron chi connectivity index (χ2n) is 9.25. The first-order valence-corrected chi connectivity index (χ1v) is 12.4. The van der Waals surface area contributed by atoms with E-state index >= 15 is 0 Å². The number of aromatic nitrogens is 2. The number of anilines is 1. The molecular formula is C27H36Cl3N5O2. The minimum Gasteiger partial charge on any atom is -0.390 e. The van der Waals surface area contributed by atoms with E-state index in [1.807, 2.05) is 68.7 Å². The molecule has 1 fully saturated rings. The summed E-state index contributed by atoms with van der Waals surface area (Å²) in [5.74, 6) is 0.494. The SMILES string of the molecule is Cc1ccccc1-n1c(C)nc(C(=O)NCC(O)CN2CCN(c3cccc(Cl)c3C)CC2)c1C.Cl.Cl. The van der Waals surface area contributed by atoms with Crippen molar-refractivity contribution < 1.29 is 9.90 Å². The molecule has 1 aromatic heterocycles. The first kappa shape index (κ1) is 30.9. The quantitative estimate of drug-likeness (QED) is 0.439. The Kier molecular flexibility index (Phi) is 11.3. The van der Waals surface area contributed by atoms with Gasteiger partial charge in [0.15, 0.2) is 0 Å². The molecule has 1 amide bonds. The molecule has 0 aliphatic carbocycles. The lowest BCUT2D eigenvalue weighted by Crippen LogP contribution is -2.50. The topological polar surface area (TPSA) is 73.6 Å². The number of amides is 1. The van der Waals surface area contributed by atoms with Crippen molar-refractivity contribution in [1.82, 2.24) is 19.8 Å². The number of nitrogens with zero attached hydrogens (tertiary/aromatic N) is 4. The van der Waals surface area contributed by atoms with Gasteiger partial charge in [0, 0.05) is 55.7 Å². The Balaban J connectivity index is 0.00000241. The van der Waals surface area contributed by atoms with Gasteiger partial charge < -0.3 is 19.9 Å². The smallest absolute Gasteiger partial charge is 0.271 e. The maximum Gasteiger partial charge on any atom is 0.271 e. The van der Waals surface area contributed by atoms with Crippen LogP contribution in [0.1, 0.15) is 33.1 Å². The predicted molar refractivity (Wildman–Crippen MR) is 155 cm³/mol. The summed E-state index contributed by atoms with van der Waals surface area (Å²) in [7, 11) is 0. The average Bonchev–Trinajstić information content (AvgIpc) is 3.14. The van der Waals surface area contributed by atoms with Crippen molar-refractivity contribution in [2.75, 3.05) is 44.2 Å². The van der Waals surface area contributed by atoms with E-state index in [0.29, 0.717) is 12.2 Å². The van der Waals surface area contributed by atoms with Crippen LogP contribution in [0.15, 0.2) is 42.5 Å². The molecule has 2 N–H and O–H groups in total. The molecule has 2 heterocycles. The Morgan fingerprint density at radius 1 is 1.00 bits per heavy atom. The van der Waals surface area contributed by atoms with Crippen molar-refractivity contribution in [2.45, 2.75) is 33.8 Å². The molecule has 1 unspecified atom stereocenters. The van der Waals surface area contributed by atoms with Crippen LogP contribution >= 0.6 is 36.4 Å². The summed E-state index contributed by atoms with van der Waals surface area (Å²) in [6.45, 7) is 12.0. The zero-order valence-electron chi connectivity index (χ0n) is 21.7. The number of benzene rings is 2. The van der Waals surface area contributed by atoms with Gasteiger partial charge in [-0.05, 0) is 57.0 Å². The van der Waals surface area contributed by atoms with Gasteiger partial charge in [-0.2, -0.15) is 0 Å². The zero-order chi connectivity index (χ0) is 25.1. The summed E-state index contributed by atoms with van der Waals surface area (Å²) in [5.41, 5.74) is 5.58. The number of hydrogen-bond acceptors (Lipinski definition) is 5. The highest BCUT2D eigenvalue weighted by Gasteiger charge is 2.23. The van der Waals surface area contributed by atoms with Crippen molar-refractivity contribution >= 4 is 48.0 Å². The summed E-state index contributed by atoms with van der Waals surface area (Å²) in [4.78, 5) is 22.0. The number of hydrogen-bond donors (Lipinski definition) is 2. The molecule has 0 bridgehead atoms. The van der Waals surface area contributed by atoms with Crippen LogP contribution in [-0.4, -0.2) is 70.8 Å². The van der Waals surface area contributed by atoms with Gasteiger partial charge in [0.2, 0.25) is 0 Å².